The normalized spacial score (nSPS) is 11.8. The SMILES string of the molecule is CC(c1ccccc1)(c1ccccc1)C(O)O. The molecule has 0 aliphatic carbocycles. The lowest BCUT2D eigenvalue weighted by molar-refractivity contribution is -0.0820. The predicted octanol–water partition coefficient (Wildman–Crippen LogP) is 2.30. The van der Waals surface area contributed by atoms with Crippen LogP contribution in [-0.2, 0) is 5.41 Å². The maximum Gasteiger partial charge on any atom is 0.165 e. The molecule has 17 heavy (non-hydrogen) atoms. The molecule has 0 aliphatic rings. The topological polar surface area (TPSA) is 40.5 Å². The van der Waals surface area contributed by atoms with E-state index in [-0.39, 0.29) is 0 Å². The fourth-order valence-electron chi connectivity index (χ4n) is 2.03. The quantitative estimate of drug-likeness (QED) is 0.791. The van der Waals surface area contributed by atoms with Crippen LogP contribution >= 0.6 is 0 Å². The number of hydrogen-bond donors (Lipinski definition) is 2. The van der Waals surface area contributed by atoms with Gasteiger partial charge in [-0.05, 0) is 18.1 Å². The van der Waals surface area contributed by atoms with Gasteiger partial charge in [-0.25, -0.2) is 0 Å². The molecule has 0 saturated heterocycles. The van der Waals surface area contributed by atoms with Crippen LogP contribution in [0.5, 0.6) is 0 Å². The van der Waals surface area contributed by atoms with E-state index in [0.717, 1.165) is 11.1 Å². The van der Waals surface area contributed by atoms with Crippen molar-refractivity contribution in [1.82, 2.24) is 0 Å². The first kappa shape index (κ1) is 11.8. The van der Waals surface area contributed by atoms with E-state index < -0.39 is 11.7 Å². The summed E-state index contributed by atoms with van der Waals surface area (Å²) >= 11 is 0. The van der Waals surface area contributed by atoms with E-state index in [9.17, 15) is 10.2 Å². The Labute approximate surface area is 101 Å². The first-order valence-corrected chi connectivity index (χ1v) is 5.63. The Morgan fingerprint density at radius 3 is 1.41 bits per heavy atom. The van der Waals surface area contributed by atoms with Gasteiger partial charge in [0, 0.05) is 0 Å². The molecule has 2 aromatic carbocycles. The minimum Gasteiger partial charge on any atom is -0.367 e. The van der Waals surface area contributed by atoms with E-state index in [1.165, 1.54) is 0 Å². The third-order valence-electron chi connectivity index (χ3n) is 3.26. The molecule has 0 bridgehead atoms. The Bertz CT molecular complexity index is 423. The zero-order chi connectivity index (χ0) is 12.3. The summed E-state index contributed by atoms with van der Waals surface area (Å²) in [5, 5.41) is 19.5. The van der Waals surface area contributed by atoms with Gasteiger partial charge in [0.1, 0.15) is 0 Å². The summed E-state index contributed by atoms with van der Waals surface area (Å²) in [4.78, 5) is 0. The van der Waals surface area contributed by atoms with Gasteiger partial charge < -0.3 is 10.2 Å². The average molecular weight is 228 g/mol. The lowest BCUT2D eigenvalue weighted by atomic mass is 9.75. The highest BCUT2D eigenvalue weighted by Crippen LogP contribution is 2.34. The molecule has 2 rings (SSSR count). The van der Waals surface area contributed by atoms with Crippen LogP contribution in [0.4, 0.5) is 0 Å². The van der Waals surface area contributed by atoms with Crippen molar-refractivity contribution in [2.24, 2.45) is 0 Å². The van der Waals surface area contributed by atoms with Gasteiger partial charge in [-0.15, -0.1) is 0 Å². The van der Waals surface area contributed by atoms with Crippen molar-refractivity contribution in [3.05, 3.63) is 71.8 Å². The summed E-state index contributed by atoms with van der Waals surface area (Å²) in [5.41, 5.74) is 0.977. The fourth-order valence-corrected chi connectivity index (χ4v) is 2.03. The molecule has 0 atom stereocenters. The van der Waals surface area contributed by atoms with Crippen molar-refractivity contribution < 1.29 is 10.2 Å². The van der Waals surface area contributed by atoms with Gasteiger partial charge in [0.05, 0.1) is 5.41 Å². The van der Waals surface area contributed by atoms with Gasteiger partial charge in [-0.2, -0.15) is 0 Å². The van der Waals surface area contributed by atoms with E-state index in [0.29, 0.717) is 0 Å². The highest BCUT2D eigenvalue weighted by molar-refractivity contribution is 5.39. The van der Waals surface area contributed by atoms with Crippen molar-refractivity contribution in [2.45, 2.75) is 18.6 Å². The lowest BCUT2D eigenvalue weighted by Gasteiger charge is -2.32. The largest absolute Gasteiger partial charge is 0.367 e. The van der Waals surface area contributed by atoms with Crippen LogP contribution in [0.2, 0.25) is 0 Å². The molecule has 2 aromatic rings. The minimum atomic E-state index is -1.44. The van der Waals surface area contributed by atoms with Gasteiger partial charge in [0.15, 0.2) is 6.29 Å². The second-order valence-electron chi connectivity index (χ2n) is 4.31. The van der Waals surface area contributed by atoms with Crippen LogP contribution < -0.4 is 0 Å². The summed E-state index contributed by atoms with van der Waals surface area (Å²) in [5.74, 6) is 0. The predicted molar refractivity (Wildman–Crippen MR) is 67.6 cm³/mol. The fraction of sp³-hybridized carbons (Fsp3) is 0.200. The first-order chi connectivity index (χ1) is 8.15. The number of benzene rings is 2. The number of aliphatic hydroxyl groups is 2. The summed E-state index contributed by atoms with van der Waals surface area (Å²) < 4.78 is 0. The number of aliphatic hydroxyl groups excluding tert-OH is 1. The van der Waals surface area contributed by atoms with E-state index in [4.69, 9.17) is 0 Å². The molecule has 2 nitrogen and oxygen atoms in total. The van der Waals surface area contributed by atoms with Crippen LogP contribution in [-0.4, -0.2) is 16.5 Å². The minimum absolute atomic E-state index is 0.803. The molecule has 0 unspecified atom stereocenters. The molecule has 88 valence electrons. The van der Waals surface area contributed by atoms with Crippen LogP contribution in [0.15, 0.2) is 60.7 Å². The van der Waals surface area contributed by atoms with Gasteiger partial charge in [0.25, 0.3) is 0 Å². The Balaban J connectivity index is 2.55. The zero-order valence-electron chi connectivity index (χ0n) is 9.75. The third kappa shape index (κ3) is 2.09. The van der Waals surface area contributed by atoms with Gasteiger partial charge in [0.2, 0.25) is 0 Å². The molecule has 0 spiro atoms. The first-order valence-electron chi connectivity index (χ1n) is 5.63. The second kappa shape index (κ2) is 4.70. The smallest absolute Gasteiger partial charge is 0.165 e. The van der Waals surface area contributed by atoms with Gasteiger partial charge >= 0.3 is 0 Å². The van der Waals surface area contributed by atoms with Crippen molar-refractivity contribution in [3.63, 3.8) is 0 Å². The Morgan fingerprint density at radius 2 is 1.12 bits per heavy atom. The molecule has 0 aliphatic heterocycles. The van der Waals surface area contributed by atoms with E-state index in [1.807, 2.05) is 67.6 Å². The van der Waals surface area contributed by atoms with E-state index in [1.54, 1.807) is 0 Å². The van der Waals surface area contributed by atoms with Crippen LogP contribution in [0.25, 0.3) is 0 Å². The molecule has 0 amide bonds. The monoisotopic (exact) mass is 228 g/mol. The molecule has 2 heteroatoms. The maximum absolute atomic E-state index is 9.73. The van der Waals surface area contributed by atoms with Crippen molar-refractivity contribution in [1.29, 1.82) is 0 Å². The van der Waals surface area contributed by atoms with Gasteiger partial charge in [-0.3, -0.25) is 0 Å². The average Bonchev–Trinajstić information content (AvgIpc) is 2.39. The molecule has 2 N–H and O–H groups in total. The molecule has 0 aromatic heterocycles. The summed E-state index contributed by atoms with van der Waals surface area (Å²) in [6, 6.07) is 19.1. The lowest BCUT2D eigenvalue weighted by Crippen LogP contribution is -2.37. The molecule has 0 heterocycles. The van der Waals surface area contributed by atoms with E-state index in [2.05, 4.69) is 0 Å². The van der Waals surface area contributed by atoms with Crippen LogP contribution in [0, 0.1) is 0 Å². The third-order valence-corrected chi connectivity index (χ3v) is 3.26. The van der Waals surface area contributed by atoms with Gasteiger partial charge in [-0.1, -0.05) is 60.7 Å². The summed E-state index contributed by atoms with van der Waals surface area (Å²) in [6.45, 7) is 1.84. The zero-order valence-corrected chi connectivity index (χ0v) is 9.75. The molecular formula is C15H16O2. The number of hydrogen-bond acceptors (Lipinski definition) is 2. The van der Waals surface area contributed by atoms with Crippen molar-refractivity contribution >= 4 is 0 Å². The van der Waals surface area contributed by atoms with Crippen LogP contribution in [0.1, 0.15) is 18.1 Å². The van der Waals surface area contributed by atoms with Crippen molar-refractivity contribution in [3.8, 4) is 0 Å². The maximum atomic E-state index is 9.73. The Hall–Kier alpha value is -1.64. The van der Waals surface area contributed by atoms with E-state index >= 15 is 0 Å². The standard InChI is InChI=1S/C15H16O2/c1-15(14(16)17,12-8-4-2-5-9-12)13-10-6-3-7-11-13/h2-11,14,16-17H,1H3. The second-order valence-corrected chi connectivity index (χ2v) is 4.31. The summed E-state index contributed by atoms with van der Waals surface area (Å²) in [7, 11) is 0. The highest BCUT2D eigenvalue weighted by atomic mass is 16.5. The molecule has 0 fully saturated rings. The molecule has 0 radical (unpaired) electrons. The van der Waals surface area contributed by atoms with Crippen LogP contribution in [0.3, 0.4) is 0 Å². The van der Waals surface area contributed by atoms with Crippen molar-refractivity contribution in [2.75, 3.05) is 0 Å². The number of rotatable bonds is 3. The molecule has 0 saturated carbocycles. The highest BCUT2D eigenvalue weighted by Gasteiger charge is 2.35. The molecular weight excluding hydrogens is 212 g/mol. The Morgan fingerprint density at radius 1 is 0.765 bits per heavy atom. The summed E-state index contributed by atoms with van der Waals surface area (Å²) in [6.07, 6.45) is -1.44. The Kier molecular flexibility index (Phi) is 3.27.